The third-order valence-electron chi connectivity index (χ3n) is 6.17. The number of halogens is 1. The van der Waals surface area contributed by atoms with E-state index >= 15 is 0 Å². The lowest BCUT2D eigenvalue weighted by molar-refractivity contribution is 0.00578. The minimum Gasteiger partial charge on any atom is -0.399 e. The Morgan fingerprint density at radius 1 is 1.11 bits per heavy atom. The minimum atomic E-state index is -3.70. The minimum absolute atomic E-state index is 0.107. The average molecular weight is 430 g/mol. The van der Waals surface area contributed by atoms with Gasteiger partial charge in [-0.25, -0.2) is 13.1 Å². The van der Waals surface area contributed by atoms with E-state index in [1.807, 2.05) is 27.7 Å². The van der Waals surface area contributed by atoms with Crippen LogP contribution >= 0.6 is 11.6 Å². The molecule has 3 rings (SSSR count). The Balaban J connectivity index is 1.75. The molecule has 156 valence electrons. The summed E-state index contributed by atoms with van der Waals surface area (Å²) in [5.41, 5.74) is -1.12. The fourth-order valence-electron chi connectivity index (χ4n) is 3.48. The van der Waals surface area contributed by atoms with Crippen molar-refractivity contribution >= 4 is 34.2 Å². The highest BCUT2D eigenvalue weighted by molar-refractivity contribution is 7.89. The van der Waals surface area contributed by atoms with E-state index in [1.165, 1.54) is 12.1 Å². The van der Waals surface area contributed by atoms with Crippen molar-refractivity contribution in [3.63, 3.8) is 0 Å². The molecular formula is C19H29BClNO5S. The zero-order chi connectivity index (χ0) is 21.0. The zero-order valence-electron chi connectivity index (χ0n) is 17.1. The first kappa shape index (κ1) is 22.1. The Morgan fingerprint density at radius 3 is 2.14 bits per heavy atom. The van der Waals surface area contributed by atoms with Gasteiger partial charge in [-0.3, -0.25) is 0 Å². The number of sulfonamides is 1. The maximum absolute atomic E-state index is 12.8. The molecule has 1 aromatic carbocycles. The summed E-state index contributed by atoms with van der Waals surface area (Å²) in [5, 5.41) is 10.3. The second-order valence-corrected chi connectivity index (χ2v) is 11.3. The Kier molecular flexibility index (Phi) is 5.71. The monoisotopic (exact) mass is 429 g/mol. The molecule has 0 atom stereocenters. The summed E-state index contributed by atoms with van der Waals surface area (Å²) in [7, 11) is -4.35. The van der Waals surface area contributed by atoms with Crippen LogP contribution < -0.4 is 10.2 Å². The summed E-state index contributed by atoms with van der Waals surface area (Å²) >= 11 is 6.40. The highest BCUT2D eigenvalue weighted by Gasteiger charge is 2.52. The van der Waals surface area contributed by atoms with Crippen LogP contribution in [0.2, 0.25) is 5.02 Å². The lowest BCUT2D eigenvalue weighted by Gasteiger charge is -2.33. The van der Waals surface area contributed by atoms with Crippen molar-refractivity contribution in [3.05, 3.63) is 23.2 Å². The molecule has 0 amide bonds. The summed E-state index contributed by atoms with van der Waals surface area (Å²) in [6.07, 6.45) is 2.35. The first-order valence-electron chi connectivity index (χ1n) is 9.62. The van der Waals surface area contributed by atoms with Gasteiger partial charge in [0.1, 0.15) is 0 Å². The van der Waals surface area contributed by atoms with Gasteiger partial charge in [0.25, 0.3) is 0 Å². The lowest BCUT2D eigenvalue weighted by atomic mass is 9.79. The molecule has 2 aliphatic rings. The maximum atomic E-state index is 12.8. The van der Waals surface area contributed by atoms with Crippen molar-refractivity contribution in [1.29, 1.82) is 0 Å². The van der Waals surface area contributed by atoms with Gasteiger partial charge in [0, 0.05) is 16.5 Å². The molecule has 2 fully saturated rings. The summed E-state index contributed by atoms with van der Waals surface area (Å²) in [5.74, 6) is 0. The number of benzene rings is 1. The molecule has 1 heterocycles. The van der Waals surface area contributed by atoms with E-state index in [4.69, 9.17) is 20.9 Å². The Hall–Kier alpha value is -0.635. The van der Waals surface area contributed by atoms with Gasteiger partial charge in [-0.1, -0.05) is 17.7 Å². The van der Waals surface area contributed by atoms with Gasteiger partial charge in [0.15, 0.2) is 0 Å². The molecule has 0 spiro atoms. The molecule has 0 radical (unpaired) electrons. The predicted molar refractivity (Wildman–Crippen MR) is 110 cm³/mol. The van der Waals surface area contributed by atoms with E-state index in [1.54, 1.807) is 13.0 Å². The number of hydrogen-bond acceptors (Lipinski definition) is 5. The molecule has 0 bridgehead atoms. The van der Waals surface area contributed by atoms with Gasteiger partial charge in [-0.2, -0.15) is 0 Å². The fraction of sp³-hybridized carbons (Fsp3) is 0.684. The fourth-order valence-corrected chi connectivity index (χ4v) is 5.15. The third-order valence-corrected chi connectivity index (χ3v) is 8.02. The van der Waals surface area contributed by atoms with Crippen LogP contribution in [0.4, 0.5) is 0 Å². The highest BCUT2D eigenvalue weighted by Crippen LogP contribution is 2.37. The van der Waals surface area contributed by atoms with Crippen molar-refractivity contribution in [2.45, 2.75) is 88.0 Å². The van der Waals surface area contributed by atoms with Crippen LogP contribution in [-0.2, 0) is 19.3 Å². The van der Waals surface area contributed by atoms with Gasteiger partial charge >= 0.3 is 7.12 Å². The van der Waals surface area contributed by atoms with Crippen LogP contribution in [0.15, 0.2) is 23.1 Å². The lowest BCUT2D eigenvalue weighted by Crippen LogP contribution is -2.42. The standard InChI is InChI=1S/C19H29BClNO5S/c1-17(2)18(3,4)27-20(26-17)15-7-6-14(12-16(15)21)28(24,25)22-13-8-10-19(5,23)11-9-13/h6-7,12-13,22-23H,8-11H2,1-5H3/t13-,19+. The van der Waals surface area contributed by atoms with E-state index in [0.717, 1.165) is 0 Å². The number of hydrogen-bond donors (Lipinski definition) is 2. The summed E-state index contributed by atoms with van der Waals surface area (Å²) in [6, 6.07) is 4.41. The third kappa shape index (κ3) is 4.42. The smallest absolute Gasteiger partial charge is 0.399 e. The molecule has 0 aromatic heterocycles. The molecule has 9 heteroatoms. The zero-order valence-corrected chi connectivity index (χ0v) is 18.7. The molecule has 1 saturated carbocycles. The molecule has 1 aliphatic heterocycles. The van der Waals surface area contributed by atoms with Crippen LogP contribution in [0.25, 0.3) is 0 Å². The van der Waals surface area contributed by atoms with Crippen molar-refractivity contribution in [2.75, 3.05) is 0 Å². The molecular weight excluding hydrogens is 401 g/mol. The number of rotatable bonds is 4. The Bertz CT molecular complexity index is 830. The summed E-state index contributed by atoms with van der Waals surface area (Å²) in [6.45, 7) is 9.58. The molecule has 1 aromatic rings. The van der Waals surface area contributed by atoms with E-state index in [0.29, 0.717) is 31.1 Å². The second kappa shape index (κ2) is 7.25. The quantitative estimate of drug-likeness (QED) is 0.719. The van der Waals surface area contributed by atoms with Crippen LogP contribution in [0.1, 0.15) is 60.3 Å². The second-order valence-electron chi connectivity index (χ2n) is 9.16. The van der Waals surface area contributed by atoms with Crippen LogP contribution in [-0.4, -0.2) is 43.5 Å². The van der Waals surface area contributed by atoms with E-state index < -0.39 is 33.9 Å². The normalized spacial score (nSPS) is 29.8. The van der Waals surface area contributed by atoms with Gasteiger partial charge in [0.2, 0.25) is 10.0 Å². The van der Waals surface area contributed by atoms with E-state index in [2.05, 4.69) is 4.72 Å². The topological polar surface area (TPSA) is 84.9 Å². The maximum Gasteiger partial charge on any atom is 0.496 e. The van der Waals surface area contributed by atoms with Gasteiger partial charge < -0.3 is 14.4 Å². The summed E-state index contributed by atoms with van der Waals surface area (Å²) in [4.78, 5) is 0.107. The van der Waals surface area contributed by atoms with Gasteiger partial charge in [-0.15, -0.1) is 0 Å². The molecule has 28 heavy (non-hydrogen) atoms. The van der Waals surface area contributed by atoms with Crippen LogP contribution in [0, 0.1) is 0 Å². The SMILES string of the molecule is CC1(C)OB(c2ccc(S(=O)(=O)N[C@H]3CC[C@@](C)(O)CC3)cc2Cl)OC1(C)C. The van der Waals surface area contributed by atoms with Gasteiger partial charge in [0.05, 0.1) is 21.7 Å². The largest absolute Gasteiger partial charge is 0.496 e. The first-order chi connectivity index (χ1) is 12.7. The van der Waals surface area contributed by atoms with Crippen LogP contribution in [0.3, 0.4) is 0 Å². The molecule has 6 nitrogen and oxygen atoms in total. The van der Waals surface area contributed by atoms with Crippen molar-refractivity contribution in [3.8, 4) is 0 Å². The van der Waals surface area contributed by atoms with E-state index in [-0.39, 0.29) is 16.0 Å². The molecule has 1 aliphatic carbocycles. The number of nitrogens with one attached hydrogen (secondary N) is 1. The highest BCUT2D eigenvalue weighted by atomic mass is 35.5. The first-order valence-corrected chi connectivity index (χ1v) is 11.5. The number of aliphatic hydroxyl groups is 1. The molecule has 0 unspecified atom stereocenters. The van der Waals surface area contributed by atoms with Crippen molar-refractivity contribution in [2.24, 2.45) is 0 Å². The average Bonchev–Trinajstić information content (AvgIpc) is 2.77. The van der Waals surface area contributed by atoms with E-state index in [9.17, 15) is 13.5 Å². The van der Waals surface area contributed by atoms with Gasteiger partial charge in [-0.05, 0) is 72.4 Å². The Labute approximate surface area is 173 Å². The van der Waals surface area contributed by atoms with Crippen LogP contribution in [0.5, 0.6) is 0 Å². The predicted octanol–water partition coefficient (Wildman–Crippen LogP) is 2.61. The van der Waals surface area contributed by atoms with Crippen molar-refractivity contribution < 1.29 is 22.8 Å². The van der Waals surface area contributed by atoms with Crippen molar-refractivity contribution in [1.82, 2.24) is 4.72 Å². The molecule has 1 saturated heterocycles. The summed E-state index contributed by atoms with van der Waals surface area (Å²) < 4.78 is 40.3. The molecule has 2 N–H and O–H groups in total. The Morgan fingerprint density at radius 2 is 1.64 bits per heavy atom.